The maximum absolute atomic E-state index is 12.7. The van der Waals surface area contributed by atoms with Crippen LogP contribution >= 0.6 is 0 Å². The maximum Gasteiger partial charge on any atom is 0.229 e. The fraction of sp³-hybridized carbons (Fsp3) is 0.286. The third kappa shape index (κ3) is 3.81. The van der Waals surface area contributed by atoms with Crippen LogP contribution in [0.25, 0.3) is 22.3 Å². The second kappa shape index (κ2) is 8.55. The number of fused-ring (bicyclic) bond motifs is 1. The third-order valence-corrected chi connectivity index (χ3v) is 5.36. The molecule has 182 valence electrons. The zero-order valence-corrected chi connectivity index (χ0v) is 17.1. The summed E-state index contributed by atoms with van der Waals surface area (Å²) in [6.07, 6.45) is -8.37. The van der Waals surface area contributed by atoms with Gasteiger partial charge in [-0.2, -0.15) is 0 Å². The summed E-state index contributed by atoms with van der Waals surface area (Å²) in [5.41, 5.74) is -1.17. The molecule has 1 aromatic heterocycles. The largest absolute Gasteiger partial charge is 0.504 e. The molecule has 0 bridgehead atoms. The van der Waals surface area contributed by atoms with Gasteiger partial charge in [0.05, 0.1) is 6.61 Å². The summed E-state index contributed by atoms with van der Waals surface area (Å²) in [5.74, 6) is -4.72. The normalized spacial score (nSPS) is 24.9. The van der Waals surface area contributed by atoms with E-state index in [2.05, 4.69) is 0 Å². The highest BCUT2D eigenvalue weighted by molar-refractivity contribution is 5.89. The van der Waals surface area contributed by atoms with Crippen molar-refractivity contribution in [3.63, 3.8) is 0 Å². The lowest BCUT2D eigenvalue weighted by atomic mass is 9.99. The Bertz CT molecular complexity index is 1280. The number of aliphatic hydroxyl groups excluding tert-OH is 4. The topological polar surface area (TPSA) is 231 Å². The number of aliphatic hydroxyl groups is 4. The molecule has 3 aromatic rings. The molecule has 13 heteroatoms. The van der Waals surface area contributed by atoms with Gasteiger partial charge in [0.1, 0.15) is 41.1 Å². The number of hydrogen-bond donors (Lipinski definition) is 9. The first-order valence-corrected chi connectivity index (χ1v) is 9.78. The average Bonchev–Trinajstić information content (AvgIpc) is 2.79. The van der Waals surface area contributed by atoms with Crippen LogP contribution in [0.5, 0.6) is 34.5 Å². The molecule has 34 heavy (non-hydrogen) atoms. The molecule has 1 saturated heterocycles. The molecule has 2 aromatic carbocycles. The van der Waals surface area contributed by atoms with Gasteiger partial charge >= 0.3 is 0 Å². The summed E-state index contributed by atoms with van der Waals surface area (Å²) in [7, 11) is 0. The number of phenols is 5. The minimum Gasteiger partial charge on any atom is -0.504 e. The van der Waals surface area contributed by atoms with Gasteiger partial charge < -0.3 is 59.8 Å². The van der Waals surface area contributed by atoms with E-state index in [1.807, 2.05) is 0 Å². The van der Waals surface area contributed by atoms with Crippen molar-refractivity contribution >= 4 is 11.0 Å². The molecular weight excluding hydrogens is 460 g/mol. The van der Waals surface area contributed by atoms with E-state index in [4.69, 9.17) is 13.9 Å². The number of rotatable bonds is 4. The van der Waals surface area contributed by atoms with Gasteiger partial charge in [-0.3, -0.25) is 4.79 Å². The van der Waals surface area contributed by atoms with Crippen molar-refractivity contribution in [2.75, 3.05) is 6.61 Å². The lowest BCUT2D eigenvalue weighted by Gasteiger charge is -2.39. The summed E-state index contributed by atoms with van der Waals surface area (Å²) in [5, 5.41) is 88.5. The minimum atomic E-state index is -1.85. The number of aromatic hydroxyl groups is 5. The van der Waals surface area contributed by atoms with Crippen LogP contribution in [-0.4, -0.2) is 83.3 Å². The minimum absolute atomic E-state index is 0.00701. The van der Waals surface area contributed by atoms with E-state index in [0.717, 1.165) is 24.3 Å². The molecule has 13 nitrogen and oxygen atoms in total. The summed E-state index contributed by atoms with van der Waals surface area (Å²) < 4.78 is 16.0. The van der Waals surface area contributed by atoms with Gasteiger partial charge in [0.2, 0.25) is 12.0 Å². The van der Waals surface area contributed by atoms with Crippen LogP contribution in [0.4, 0.5) is 0 Å². The molecule has 4 rings (SSSR count). The average molecular weight is 480 g/mol. The molecule has 0 spiro atoms. The highest BCUT2D eigenvalue weighted by atomic mass is 16.7. The van der Waals surface area contributed by atoms with Crippen LogP contribution < -0.4 is 10.2 Å². The Hall–Kier alpha value is -3.75. The van der Waals surface area contributed by atoms with Crippen LogP contribution in [0, 0.1) is 0 Å². The zero-order chi connectivity index (χ0) is 24.9. The lowest BCUT2D eigenvalue weighted by Crippen LogP contribution is -2.60. The Balaban J connectivity index is 1.76. The molecule has 0 radical (unpaired) electrons. The van der Waals surface area contributed by atoms with Gasteiger partial charge in [-0.15, -0.1) is 0 Å². The smallest absolute Gasteiger partial charge is 0.229 e. The van der Waals surface area contributed by atoms with Crippen LogP contribution in [0.3, 0.4) is 0 Å². The first kappa shape index (κ1) is 23.4. The summed E-state index contributed by atoms with van der Waals surface area (Å²) in [6, 6.07) is 3.83. The number of hydrogen-bond acceptors (Lipinski definition) is 13. The zero-order valence-electron chi connectivity index (χ0n) is 17.1. The molecule has 0 amide bonds. The predicted octanol–water partition coefficient (Wildman–Crippen LogP) is -0.833. The Morgan fingerprint density at radius 1 is 0.824 bits per heavy atom. The Kier molecular flexibility index (Phi) is 5.89. The highest BCUT2D eigenvalue weighted by Gasteiger charge is 2.45. The second-order valence-corrected chi connectivity index (χ2v) is 7.60. The van der Waals surface area contributed by atoms with Gasteiger partial charge in [0.15, 0.2) is 34.2 Å². The highest BCUT2D eigenvalue weighted by Crippen LogP contribution is 2.44. The van der Waals surface area contributed by atoms with E-state index >= 15 is 0 Å². The summed E-state index contributed by atoms with van der Waals surface area (Å²) in [6.45, 7) is -0.741. The molecule has 1 fully saturated rings. The SMILES string of the molecule is O=c1cc(-c2cc(O)c(O)c(O)c2)oc2cc(O)c(OC3O[C@H](CO)[C@@H](O)[C@H](O)[C@H]3O)c(O)c12. The van der Waals surface area contributed by atoms with E-state index < -0.39 is 82.6 Å². The quantitative estimate of drug-likeness (QED) is 0.208. The fourth-order valence-electron chi connectivity index (χ4n) is 3.56. The summed E-state index contributed by atoms with van der Waals surface area (Å²) >= 11 is 0. The monoisotopic (exact) mass is 480 g/mol. The van der Waals surface area contributed by atoms with E-state index in [0.29, 0.717) is 0 Å². The molecule has 1 unspecified atom stereocenters. The third-order valence-electron chi connectivity index (χ3n) is 5.36. The lowest BCUT2D eigenvalue weighted by molar-refractivity contribution is -0.277. The summed E-state index contributed by atoms with van der Waals surface area (Å²) in [4.78, 5) is 12.7. The van der Waals surface area contributed by atoms with E-state index in [-0.39, 0.29) is 16.9 Å². The predicted molar refractivity (Wildman–Crippen MR) is 111 cm³/mol. The molecule has 2 heterocycles. The van der Waals surface area contributed by atoms with Crippen molar-refractivity contribution in [3.05, 3.63) is 34.5 Å². The number of phenolic OH excluding ortho intramolecular Hbond substituents is 5. The molecule has 9 N–H and O–H groups in total. The van der Waals surface area contributed by atoms with E-state index in [1.165, 1.54) is 0 Å². The van der Waals surface area contributed by atoms with Crippen molar-refractivity contribution in [2.24, 2.45) is 0 Å². The molecule has 1 aliphatic rings. The Morgan fingerprint density at radius 3 is 2.09 bits per heavy atom. The molecule has 1 aliphatic heterocycles. The number of benzene rings is 2. The van der Waals surface area contributed by atoms with Crippen molar-refractivity contribution in [1.82, 2.24) is 0 Å². The first-order valence-electron chi connectivity index (χ1n) is 9.78. The van der Waals surface area contributed by atoms with Gasteiger partial charge in [0, 0.05) is 17.7 Å². The Labute approximate surface area is 189 Å². The van der Waals surface area contributed by atoms with Crippen molar-refractivity contribution in [1.29, 1.82) is 0 Å². The molecular formula is C21H20O13. The standard InChI is InChI=1S/C21H20O13/c22-5-13-16(28)18(30)19(31)21(33-13)34-20-10(26)4-12-14(17(20)29)7(23)3-11(32-12)6-1-8(24)15(27)9(25)2-6/h1-4,13,16,18-19,21-22,24-31H,5H2/t13-,16-,18+,19-,21?/m1/s1. The van der Waals surface area contributed by atoms with Crippen molar-refractivity contribution in [2.45, 2.75) is 30.7 Å². The van der Waals surface area contributed by atoms with Crippen LogP contribution in [0.15, 0.2) is 33.5 Å². The van der Waals surface area contributed by atoms with Crippen LogP contribution in [0.1, 0.15) is 0 Å². The van der Waals surface area contributed by atoms with Crippen LogP contribution in [0.2, 0.25) is 0 Å². The second-order valence-electron chi connectivity index (χ2n) is 7.60. The van der Waals surface area contributed by atoms with Gasteiger partial charge in [-0.1, -0.05) is 0 Å². The molecule has 0 saturated carbocycles. The van der Waals surface area contributed by atoms with Crippen LogP contribution in [-0.2, 0) is 4.74 Å². The molecule has 5 atom stereocenters. The van der Waals surface area contributed by atoms with Crippen molar-refractivity contribution < 1.29 is 59.8 Å². The fourth-order valence-corrected chi connectivity index (χ4v) is 3.56. The van der Waals surface area contributed by atoms with Gasteiger partial charge in [-0.05, 0) is 12.1 Å². The van der Waals surface area contributed by atoms with Gasteiger partial charge in [0.25, 0.3) is 0 Å². The van der Waals surface area contributed by atoms with Crippen molar-refractivity contribution in [3.8, 4) is 45.8 Å². The van der Waals surface area contributed by atoms with E-state index in [1.54, 1.807) is 0 Å². The van der Waals surface area contributed by atoms with Gasteiger partial charge in [-0.25, -0.2) is 0 Å². The first-order chi connectivity index (χ1) is 16.0. The Morgan fingerprint density at radius 2 is 1.47 bits per heavy atom. The molecule has 0 aliphatic carbocycles. The van der Waals surface area contributed by atoms with E-state index in [9.17, 15) is 50.8 Å². The maximum atomic E-state index is 12.7. The number of ether oxygens (including phenoxy) is 2.